The molecule has 0 spiro atoms. The molecule has 0 saturated heterocycles. The van der Waals surface area contributed by atoms with Crippen molar-refractivity contribution in [2.24, 2.45) is 0 Å². The molecule has 0 radical (unpaired) electrons. The number of anilines is 1. The van der Waals surface area contributed by atoms with Gasteiger partial charge in [-0.05, 0) is 54.3 Å². The van der Waals surface area contributed by atoms with Crippen LogP contribution in [0.4, 0.5) is 5.69 Å². The molecule has 1 aliphatic rings. The topological polar surface area (TPSA) is 12.0 Å². The molecule has 1 fully saturated rings. The molecule has 1 aliphatic carbocycles. The molecule has 0 atom stereocenters. The van der Waals surface area contributed by atoms with E-state index in [1.165, 1.54) is 29.0 Å². The largest absolute Gasteiger partial charge is 0.381 e. The minimum atomic E-state index is 0.587. The summed E-state index contributed by atoms with van der Waals surface area (Å²) >= 11 is 7.85. The van der Waals surface area contributed by atoms with Gasteiger partial charge in [-0.1, -0.05) is 42.8 Å². The highest BCUT2D eigenvalue weighted by atomic mass is 35.5. The highest BCUT2D eigenvalue weighted by Gasteiger charge is 2.30. The third kappa shape index (κ3) is 3.56. The number of rotatable bonds is 5. The van der Waals surface area contributed by atoms with E-state index in [0.29, 0.717) is 12.0 Å². The van der Waals surface area contributed by atoms with Crippen LogP contribution >= 0.6 is 23.4 Å². The van der Waals surface area contributed by atoms with Crippen LogP contribution in [-0.2, 0) is 0 Å². The van der Waals surface area contributed by atoms with Gasteiger partial charge < -0.3 is 5.32 Å². The Morgan fingerprint density at radius 2 is 1.81 bits per heavy atom. The van der Waals surface area contributed by atoms with Crippen LogP contribution < -0.4 is 5.32 Å². The maximum Gasteiger partial charge on any atom is 0.0480 e. The van der Waals surface area contributed by atoms with Crippen molar-refractivity contribution >= 4 is 29.1 Å². The number of nitrogens with one attached hydrogen (secondary N) is 1. The standard InChI is InChI=1S/C18H20ClNS/c1-2-21-18-6-4-3-5-17(18)20-16-11-14(12-16)13-7-9-15(19)10-8-13/h3-10,14,16,20H,2,11-12H2,1H3. The van der Waals surface area contributed by atoms with Crippen molar-refractivity contribution in [3.63, 3.8) is 0 Å². The Bertz CT molecular complexity index is 590. The zero-order valence-electron chi connectivity index (χ0n) is 12.2. The van der Waals surface area contributed by atoms with Crippen LogP contribution in [0.25, 0.3) is 0 Å². The number of benzene rings is 2. The van der Waals surface area contributed by atoms with E-state index < -0.39 is 0 Å². The molecule has 0 aliphatic heterocycles. The SMILES string of the molecule is CCSc1ccccc1NC1CC(c2ccc(Cl)cc2)C1. The van der Waals surface area contributed by atoms with E-state index in [1.54, 1.807) is 0 Å². The summed E-state index contributed by atoms with van der Waals surface area (Å²) in [6.45, 7) is 2.20. The summed E-state index contributed by atoms with van der Waals surface area (Å²) in [5.41, 5.74) is 2.69. The molecular weight excluding hydrogens is 298 g/mol. The van der Waals surface area contributed by atoms with Gasteiger partial charge in [0.1, 0.15) is 0 Å². The Kier molecular flexibility index (Phi) is 4.77. The van der Waals surface area contributed by atoms with Gasteiger partial charge in [0.05, 0.1) is 0 Å². The van der Waals surface area contributed by atoms with Crippen molar-refractivity contribution in [3.05, 3.63) is 59.1 Å². The quantitative estimate of drug-likeness (QED) is 0.698. The Balaban J connectivity index is 1.58. The first-order valence-electron chi connectivity index (χ1n) is 7.50. The Hall–Kier alpha value is -1.12. The molecular formula is C18H20ClNS. The molecule has 0 unspecified atom stereocenters. The molecule has 1 N–H and O–H groups in total. The predicted octanol–water partition coefficient (Wildman–Crippen LogP) is 5.81. The second-order valence-corrected chi connectivity index (χ2v) is 7.23. The summed E-state index contributed by atoms with van der Waals surface area (Å²) in [5, 5.41) is 4.51. The highest BCUT2D eigenvalue weighted by molar-refractivity contribution is 7.99. The van der Waals surface area contributed by atoms with E-state index in [9.17, 15) is 0 Å². The van der Waals surface area contributed by atoms with E-state index in [4.69, 9.17) is 11.6 Å². The fourth-order valence-corrected chi connectivity index (χ4v) is 3.72. The van der Waals surface area contributed by atoms with E-state index in [1.807, 2.05) is 23.9 Å². The molecule has 1 nitrogen and oxygen atoms in total. The molecule has 3 rings (SSSR count). The monoisotopic (exact) mass is 317 g/mol. The first kappa shape index (κ1) is 14.8. The van der Waals surface area contributed by atoms with E-state index in [0.717, 1.165) is 10.8 Å². The summed E-state index contributed by atoms with van der Waals surface area (Å²) in [7, 11) is 0. The molecule has 0 bridgehead atoms. The predicted molar refractivity (Wildman–Crippen MR) is 93.7 cm³/mol. The van der Waals surface area contributed by atoms with Crippen LogP contribution in [-0.4, -0.2) is 11.8 Å². The molecule has 0 heterocycles. The summed E-state index contributed by atoms with van der Waals surface area (Å²) in [5.74, 6) is 1.78. The average molecular weight is 318 g/mol. The summed E-state index contributed by atoms with van der Waals surface area (Å²) in [4.78, 5) is 1.36. The van der Waals surface area contributed by atoms with Crippen molar-refractivity contribution in [2.75, 3.05) is 11.1 Å². The van der Waals surface area contributed by atoms with E-state index in [2.05, 4.69) is 48.6 Å². The lowest BCUT2D eigenvalue weighted by Crippen LogP contribution is -2.34. The smallest absolute Gasteiger partial charge is 0.0480 e. The maximum absolute atomic E-state index is 5.95. The lowest BCUT2D eigenvalue weighted by Gasteiger charge is -2.37. The fourth-order valence-electron chi connectivity index (χ4n) is 2.83. The van der Waals surface area contributed by atoms with Crippen molar-refractivity contribution in [1.82, 2.24) is 0 Å². The van der Waals surface area contributed by atoms with Gasteiger partial charge in [-0.2, -0.15) is 0 Å². The molecule has 1 saturated carbocycles. The number of hydrogen-bond donors (Lipinski definition) is 1. The van der Waals surface area contributed by atoms with E-state index >= 15 is 0 Å². The Morgan fingerprint density at radius 3 is 2.52 bits per heavy atom. The zero-order chi connectivity index (χ0) is 14.7. The molecule has 110 valence electrons. The minimum Gasteiger partial charge on any atom is -0.381 e. The lowest BCUT2D eigenvalue weighted by molar-refractivity contribution is 0.374. The van der Waals surface area contributed by atoms with Crippen LogP contribution in [0.5, 0.6) is 0 Å². The van der Waals surface area contributed by atoms with Crippen molar-refractivity contribution in [1.29, 1.82) is 0 Å². The molecule has 2 aromatic carbocycles. The summed E-state index contributed by atoms with van der Waals surface area (Å²) in [6, 6.07) is 17.5. The Labute approximate surface area is 136 Å². The molecule has 0 amide bonds. The number of thioether (sulfide) groups is 1. The first-order valence-corrected chi connectivity index (χ1v) is 8.86. The normalized spacial score (nSPS) is 20.9. The van der Waals surface area contributed by atoms with Crippen LogP contribution in [0.1, 0.15) is 31.2 Å². The van der Waals surface area contributed by atoms with Gasteiger partial charge in [0, 0.05) is 21.6 Å². The number of halogens is 1. The van der Waals surface area contributed by atoms with Gasteiger partial charge >= 0.3 is 0 Å². The van der Waals surface area contributed by atoms with Gasteiger partial charge in [0.2, 0.25) is 0 Å². The highest BCUT2D eigenvalue weighted by Crippen LogP contribution is 2.40. The van der Waals surface area contributed by atoms with Gasteiger partial charge in [-0.15, -0.1) is 11.8 Å². The van der Waals surface area contributed by atoms with Crippen LogP contribution in [0.15, 0.2) is 53.4 Å². The van der Waals surface area contributed by atoms with Gasteiger partial charge in [-0.25, -0.2) is 0 Å². The minimum absolute atomic E-state index is 0.587. The van der Waals surface area contributed by atoms with Crippen LogP contribution in [0, 0.1) is 0 Å². The second-order valence-electron chi connectivity index (χ2n) is 5.49. The molecule has 3 heteroatoms. The second kappa shape index (κ2) is 6.76. The summed E-state index contributed by atoms with van der Waals surface area (Å²) in [6.07, 6.45) is 2.40. The average Bonchev–Trinajstić information content (AvgIpc) is 2.46. The van der Waals surface area contributed by atoms with Crippen molar-refractivity contribution in [2.45, 2.75) is 36.6 Å². The van der Waals surface area contributed by atoms with Gasteiger partial charge in [0.15, 0.2) is 0 Å². The third-order valence-electron chi connectivity index (χ3n) is 4.03. The van der Waals surface area contributed by atoms with Crippen LogP contribution in [0.2, 0.25) is 5.02 Å². The number of hydrogen-bond acceptors (Lipinski definition) is 2. The van der Waals surface area contributed by atoms with E-state index in [-0.39, 0.29) is 0 Å². The zero-order valence-corrected chi connectivity index (χ0v) is 13.8. The molecule has 0 aromatic heterocycles. The van der Waals surface area contributed by atoms with Crippen molar-refractivity contribution in [3.8, 4) is 0 Å². The third-order valence-corrected chi connectivity index (χ3v) is 5.23. The maximum atomic E-state index is 5.95. The van der Waals surface area contributed by atoms with Gasteiger partial charge in [0.25, 0.3) is 0 Å². The fraction of sp³-hybridized carbons (Fsp3) is 0.333. The molecule has 21 heavy (non-hydrogen) atoms. The number of para-hydroxylation sites is 1. The van der Waals surface area contributed by atoms with Crippen molar-refractivity contribution < 1.29 is 0 Å². The lowest BCUT2D eigenvalue weighted by atomic mass is 9.76. The molecule has 2 aromatic rings. The summed E-state index contributed by atoms with van der Waals surface area (Å²) < 4.78 is 0. The Morgan fingerprint density at radius 1 is 1.10 bits per heavy atom. The van der Waals surface area contributed by atoms with Crippen LogP contribution in [0.3, 0.4) is 0 Å². The van der Waals surface area contributed by atoms with Gasteiger partial charge in [-0.3, -0.25) is 0 Å². The first-order chi connectivity index (χ1) is 10.3.